The lowest BCUT2D eigenvalue weighted by molar-refractivity contribution is 0.256. The Kier molecular flexibility index (Phi) is 8.15. The van der Waals surface area contributed by atoms with E-state index in [4.69, 9.17) is 14.5 Å². The van der Waals surface area contributed by atoms with E-state index in [1.807, 2.05) is 0 Å². The van der Waals surface area contributed by atoms with Crippen LogP contribution >= 0.6 is 11.8 Å². The summed E-state index contributed by atoms with van der Waals surface area (Å²) in [6, 6.07) is 4.25. The van der Waals surface area contributed by atoms with Crippen LogP contribution in [-0.2, 0) is 13.0 Å². The van der Waals surface area contributed by atoms with Gasteiger partial charge in [0.15, 0.2) is 17.5 Å². The summed E-state index contributed by atoms with van der Waals surface area (Å²) in [6.45, 7) is 7.83. The summed E-state index contributed by atoms with van der Waals surface area (Å²) in [5.41, 5.74) is 2.70. The first-order valence-electron chi connectivity index (χ1n) is 10.3. The molecule has 1 saturated heterocycles. The fourth-order valence-corrected chi connectivity index (χ4v) is 4.97. The van der Waals surface area contributed by atoms with Gasteiger partial charge in [0.2, 0.25) is 0 Å². The molecule has 0 spiro atoms. The number of nitrogens with zero attached hydrogens (tertiary/aromatic N) is 2. The van der Waals surface area contributed by atoms with Gasteiger partial charge in [-0.05, 0) is 55.2 Å². The van der Waals surface area contributed by atoms with Crippen LogP contribution in [-0.4, -0.2) is 68.8 Å². The number of rotatable bonds is 8. The topological polar surface area (TPSA) is 58.1 Å². The summed E-state index contributed by atoms with van der Waals surface area (Å²) in [5.74, 6) is 3.87. The molecule has 0 bridgehead atoms. The average Bonchev–Trinajstić information content (AvgIpc) is 3.24. The standard InChI is InChI=1S/C21H34N4O2S/c1-4-22-21(24-14-18-6-5-11-28-18)23-8-10-25-9-7-16-12-19(26-2)20(27-3)13-17(16)15-25/h12-13,18H,4-11,14-15H2,1-3H3,(H2,22,23,24). The fourth-order valence-electron chi connectivity index (χ4n) is 3.79. The largest absolute Gasteiger partial charge is 0.493 e. The molecule has 0 aliphatic carbocycles. The van der Waals surface area contributed by atoms with Crippen molar-refractivity contribution < 1.29 is 9.47 Å². The zero-order chi connectivity index (χ0) is 19.8. The first-order valence-corrected chi connectivity index (χ1v) is 11.4. The maximum absolute atomic E-state index is 5.46. The van der Waals surface area contributed by atoms with Gasteiger partial charge in [-0.15, -0.1) is 0 Å². The predicted octanol–water partition coefficient (Wildman–Crippen LogP) is 2.51. The van der Waals surface area contributed by atoms with Gasteiger partial charge in [0.05, 0.1) is 20.8 Å². The molecule has 1 aromatic rings. The maximum atomic E-state index is 5.46. The zero-order valence-corrected chi connectivity index (χ0v) is 18.2. The molecule has 6 nitrogen and oxygen atoms in total. The summed E-state index contributed by atoms with van der Waals surface area (Å²) in [4.78, 5) is 7.26. The van der Waals surface area contributed by atoms with Crippen LogP contribution in [0.2, 0.25) is 0 Å². The van der Waals surface area contributed by atoms with Gasteiger partial charge in [0, 0.05) is 38.0 Å². The van der Waals surface area contributed by atoms with Crippen LogP contribution < -0.4 is 20.1 Å². The lowest BCUT2D eigenvalue weighted by Gasteiger charge is -2.29. The van der Waals surface area contributed by atoms with E-state index in [-0.39, 0.29) is 0 Å². The molecule has 0 saturated carbocycles. The highest BCUT2D eigenvalue weighted by molar-refractivity contribution is 8.00. The Morgan fingerprint density at radius 2 is 2.00 bits per heavy atom. The number of aliphatic imine (C=N–C) groups is 1. The predicted molar refractivity (Wildman–Crippen MR) is 118 cm³/mol. The van der Waals surface area contributed by atoms with E-state index in [0.717, 1.165) is 63.1 Å². The van der Waals surface area contributed by atoms with Crippen molar-refractivity contribution in [1.82, 2.24) is 15.5 Å². The van der Waals surface area contributed by atoms with Crippen molar-refractivity contribution in [2.45, 2.75) is 38.0 Å². The Hall–Kier alpha value is -1.60. The third-order valence-corrected chi connectivity index (χ3v) is 6.72. The average molecular weight is 407 g/mol. The molecule has 1 atom stereocenters. The molecule has 2 N–H and O–H groups in total. The Morgan fingerprint density at radius 3 is 2.68 bits per heavy atom. The van der Waals surface area contributed by atoms with Crippen molar-refractivity contribution in [2.75, 3.05) is 52.7 Å². The highest BCUT2D eigenvalue weighted by Crippen LogP contribution is 2.33. The molecule has 28 heavy (non-hydrogen) atoms. The molecule has 7 heteroatoms. The van der Waals surface area contributed by atoms with Crippen molar-refractivity contribution in [1.29, 1.82) is 0 Å². The second-order valence-corrected chi connectivity index (χ2v) is 8.69. The van der Waals surface area contributed by atoms with Crippen molar-refractivity contribution in [3.63, 3.8) is 0 Å². The van der Waals surface area contributed by atoms with Crippen LogP contribution in [0, 0.1) is 0 Å². The molecular weight excluding hydrogens is 372 g/mol. The minimum atomic E-state index is 0.695. The molecule has 3 rings (SSSR count). The maximum Gasteiger partial charge on any atom is 0.191 e. The number of methoxy groups -OCH3 is 2. The number of hydrogen-bond acceptors (Lipinski definition) is 5. The smallest absolute Gasteiger partial charge is 0.191 e. The van der Waals surface area contributed by atoms with Crippen molar-refractivity contribution in [3.05, 3.63) is 23.3 Å². The molecule has 1 aromatic carbocycles. The normalized spacial score (nSPS) is 20.0. The van der Waals surface area contributed by atoms with Gasteiger partial charge in [-0.1, -0.05) is 0 Å². The Morgan fingerprint density at radius 1 is 1.21 bits per heavy atom. The molecule has 1 unspecified atom stereocenters. The number of ether oxygens (including phenoxy) is 2. The van der Waals surface area contributed by atoms with E-state index in [0.29, 0.717) is 5.25 Å². The number of hydrogen-bond donors (Lipinski definition) is 2. The second-order valence-electron chi connectivity index (χ2n) is 7.28. The lowest BCUT2D eigenvalue weighted by Crippen LogP contribution is -2.43. The van der Waals surface area contributed by atoms with Crippen LogP contribution in [0.5, 0.6) is 11.5 Å². The molecular formula is C21H34N4O2S. The minimum Gasteiger partial charge on any atom is -0.493 e. The number of fused-ring (bicyclic) bond motifs is 1. The van der Waals surface area contributed by atoms with Gasteiger partial charge in [0.1, 0.15) is 0 Å². The lowest BCUT2D eigenvalue weighted by atomic mass is 9.99. The third kappa shape index (κ3) is 5.70. The summed E-state index contributed by atoms with van der Waals surface area (Å²) in [6.07, 6.45) is 3.68. The van der Waals surface area contributed by atoms with Crippen molar-refractivity contribution in [3.8, 4) is 11.5 Å². The Bertz CT molecular complexity index is 662. The quantitative estimate of drug-likeness (QED) is 0.511. The summed E-state index contributed by atoms with van der Waals surface area (Å²) in [7, 11) is 3.39. The van der Waals surface area contributed by atoms with E-state index < -0.39 is 0 Å². The summed E-state index contributed by atoms with van der Waals surface area (Å²) in [5, 5.41) is 7.56. The van der Waals surface area contributed by atoms with Crippen LogP contribution in [0.25, 0.3) is 0 Å². The first kappa shape index (κ1) is 21.1. The third-order valence-electron chi connectivity index (χ3n) is 5.34. The molecule has 2 heterocycles. The monoisotopic (exact) mass is 406 g/mol. The molecule has 156 valence electrons. The number of benzene rings is 1. The van der Waals surface area contributed by atoms with Gasteiger partial charge in [-0.25, -0.2) is 0 Å². The zero-order valence-electron chi connectivity index (χ0n) is 17.4. The molecule has 2 aliphatic heterocycles. The first-order chi connectivity index (χ1) is 13.7. The molecule has 0 aromatic heterocycles. The van der Waals surface area contributed by atoms with Gasteiger partial charge in [-0.3, -0.25) is 9.89 Å². The minimum absolute atomic E-state index is 0.695. The van der Waals surface area contributed by atoms with E-state index in [1.165, 1.54) is 29.7 Å². The van der Waals surface area contributed by atoms with Crippen molar-refractivity contribution in [2.24, 2.45) is 4.99 Å². The second kappa shape index (κ2) is 10.8. The molecule has 2 aliphatic rings. The van der Waals surface area contributed by atoms with Crippen LogP contribution in [0.1, 0.15) is 30.9 Å². The van der Waals surface area contributed by atoms with Crippen LogP contribution in [0.4, 0.5) is 0 Å². The number of guanidine groups is 1. The highest BCUT2D eigenvalue weighted by atomic mass is 32.2. The fraction of sp³-hybridized carbons (Fsp3) is 0.667. The molecule has 0 amide bonds. The van der Waals surface area contributed by atoms with E-state index in [1.54, 1.807) is 14.2 Å². The van der Waals surface area contributed by atoms with Gasteiger partial charge in [0.25, 0.3) is 0 Å². The van der Waals surface area contributed by atoms with E-state index in [2.05, 4.69) is 46.4 Å². The van der Waals surface area contributed by atoms with E-state index in [9.17, 15) is 0 Å². The summed E-state index contributed by atoms with van der Waals surface area (Å²) < 4.78 is 10.9. The number of thioether (sulfide) groups is 1. The summed E-state index contributed by atoms with van der Waals surface area (Å²) >= 11 is 2.06. The van der Waals surface area contributed by atoms with E-state index >= 15 is 0 Å². The van der Waals surface area contributed by atoms with Crippen LogP contribution in [0.15, 0.2) is 17.1 Å². The number of nitrogens with one attached hydrogen (secondary N) is 2. The van der Waals surface area contributed by atoms with Gasteiger partial charge in [-0.2, -0.15) is 11.8 Å². The van der Waals surface area contributed by atoms with Crippen molar-refractivity contribution >= 4 is 17.7 Å². The van der Waals surface area contributed by atoms with Crippen LogP contribution in [0.3, 0.4) is 0 Å². The molecule has 0 radical (unpaired) electrons. The van der Waals surface area contributed by atoms with Gasteiger partial charge < -0.3 is 20.1 Å². The SMILES string of the molecule is CCNC(=NCC1CCCS1)NCCN1CCc2cc(OC)c(OC)cc2C1. The Labute approximate surface area is 173 Å². The highest BCUT2D eigenvalue weighted by Gasteiger charge is 2.19. The molecule has 1 fully saturated rings. The Balaban J connectivity index is 1.50. The van der Waals surface area contributed by atoms with Gasteiger partial charge >= 0.3 is 0 Å².